The smallest absolute Gasteiger partial charge is 0.130 e. The molecule has 2 nitrogen and oxygen atoms in total. The van der Waals surface area contributed by atoms with Gasteiger partial charge < -0.3 is 10.1 Å². The Balaban J connectivity index is 2.09. The molecular weight excluding hydrogens is 265 g/mol. The molecule has 19 heavy (non-hydrogen) atoms. The lowest BCUT2D eigenvalue weighted by molar-refractivity contribution is -0.0295. The Bertz CT molecular complexity index is 413. The van der Waals surface area contributed by atoms with Crippen molar-refractivity contribution in [1.82, 2.24) is 5.32 Å². The van der Waals surface area contributed by atoms with Crippen LogP contribution in [0.15, 0.2) is 18.2 Å². The molecule has 0 saturated carbocycles. The van der Waals surface area contributed by atoms with Crippen molar-refractivity contribution in [3.63, 3.8) is 0 Å². The molecule has 1 N–H and O–H groups in total. The monoisotopic (exact) mass is 285 g/mol. The predicted octanol–water partition coefficient (Wildman–Crippen LogP) is 3.95. The van der Waals surface area contributed by atoms with Gasteiger partial charge in [-0.15, -0.1) is 0 Å². The predicted molar refractivity (Wildman–Crippen MR) is 76.0 cm³/mol. The summed E-state index contributed by atoms with van der Waals surface area (Å²) in [6.07, 6.45) is 3.07. The van der Waals surface area contributed by atoms with Gasteiger partial charge in [0, 0.05) is 29.7 Å². The first-order valence-corrected chi connectivity index (χ1v) is 7.37. The van der Waals surface area contributed by atoms with E-state index in [2.05, 4.69) is 12.2 Å². The van der Waals surface area contributed by atoms with E-state index >= 15 is 0 Å². The summed E-state index contributed by atoms with van der Waals surface area (Å²) >= 11 is 5.80. The number of nitrogens with one attached hydrogen (secondary N) is 1. The van der Waals surface area contributed by atoms with Crippen LogP contribution in [0.25, 0.3) is 0 Å². The average Bonchev–Trinajstić information content (AvgIpc) is 2.40. The topological polar surface area (TPSA) is 21.3 Å². The Morgan fingerprint density at radius 2 is 2.32 bits per heavy atom. The molecule has 2 unspecified atom stereocenters. The highest BCUT2D eigenvalue weighted by Gasteiger charge is 2.29. The van der Waals surface area contributed by atoms with Crippen LogP contribution in [0.4, 0.5) is 4.39 Å². The quantitative estimate of drug-likeness (QED) is 0.827. The van der Waals surface area contributed by atoms with E-state index in [1.165, 1.54) is 6.07 Å². The molecule has 0 aromatic heterocycles. The maximum Gasteiger partial charge on any atom is 0.130 e. The summed E-state index contributed by atoms with van der Waals surface area (Å²) in [5.41, 5.74) is 0.632. The second-order valence-electron chi connectivity index (χ2n) is 5.06. The SMILES string of the molecule is CCCNCC1CCCOC1c1ccc(Cl)cc1F. The minimum absolute atomic E-state index is 0.157. The van der Waals surface area contributed by atoms with Crippen LogP contribution < -0.4 is 5.32 Å². The van der Waals surface area contributed by atoms with E-state index < -0.39 is 0 Å². The highest BCUT2D eigenvalue weighted by atomic mass is 35.5. The van der Waals surface area contributed by atoms with E-state index in [1.807, 2.05) is 0 Å². The third-order valence-corrected chi connectivity index (χ3v) is 3.78. The summed E-state index contributed by atoms with van der Waals surface area (Å²) in [6, 6.07) is 4.85. The van der Waals surface area contributed by atoms with Gasteiger partial charge >= 0.3 is 0 Å². The minimum atomic E-state index is -0.264. The molecule has 1 heterocycles. The zero-order valence-electron chi connectivity index (χ0n) is 11.3. The highest BCUT2D eigenvalue weighted by molar-refractivity contribution is 6.30. The molecular formula is C15H21ClFNO. The first-order chi connectivity index (χ1) is 9.22. The second-order valence-corrected chi connectivity index (χ2v) is 5.50. The van der Waals surface area contributed by atoms with Crippen LogP contribution in [-0.2, 0) is 4.74 Å². The van der Waals surface area contributed by atoms with Crippen molar-refractivity contribution in [1.29, 1.82) is 0 Å². The first kappa shape index (κ1) is 14.8. The van der Waals surface area contributed by atoms with Crippen molar-refractivity contribution < 1.29 is 9.13 Å². The van der Waals surface area contributed by atoms with Crippen LogP contribution >= 0.6 is 11.6 Å². The zero-order valence-corrected chi connectivity index (χ0v) is 12.0. The fraction of sp³-hybridized carbons (Fsp3) is 0.600. The second kappa shape index (κ2) is 7.22. The molecule has 1 aliphatic heterocycles. The first-order valence-electron chi connectivity index (χ1n) is 6.99. The van der Waals surface area contributed by atoms with Crippen LogP contribution in [0, 0.1) is 11.7 Å². The lowest BCUT2D eigenvalue weighted by Gasteiger charge is -2.32. The number of rotatable bonds is 5. The van der Waals surface area contributed by atoms with Gasteiger partial charge in [-0.2, -0.15) is 0 Å². The van der Waals surface area contributed by atoms with Gasteiger partial charge in [0.2, 0.25) is 0 Å². The molecule has 1 aliphatic rings. The Kier molecular flexibility index (Phi) is 5.61. The lowest BCUT2D eigenvalue weighted by atomic mass is 9.89. The molecule has 0 bridgehead atoms. The maximum absolute atomic E-state index is 14.0. The number of halogens is 2. The van der Waals surface area contributed by atoms with Crippen molar-refractivity contribution in [3.8, 4) is 0 Å². The van der Waals surface area contributed by atoms with Crippen molar-refractivity contribution in [2.24, 2.45) is 5.92 Å². The molecule has 0 aliphatic carbocycles. The Morgan fingerprint density at radius 1 is 1.47 bits per heavy atom. The lowest BCUT2D eigenvalue weighted by Crippen LogP contribution is -2.32. The van der Waals surface area contributed by atoms with Crippen molar-refractivity contribution in [2.45, 2.75) is 32.3 Å². The Hall–Kier alpha value is -0.640. The molecule has 106 valence electrons. The molecule has 1 fully saturated rings. The molecule has 1 aromatic rings. The van der Waals surface area contributed by atoms with Gasteiger partial charge in [0.1, 0.15) is 5.82 Å². The van der Waals surface area contributed by atoms with Crippen LogP contribution in [-0.4, -0.2) is 19.7 Å². The standard InChI is InChI=1S/C15H21ClFNO/c1-2-7-18-10-11-4-3-8-19-15(11)13-6-5-12(16)9-14(13)17/h5-6,9,11,15,18H,2-4,7-8,10H2,1H3. The summed E-state index contributed by atoms with van der Waals surface area (Å²) < 4.78 is 19.8. The van der Waals surface area contributed by atoms with Gasteiger partial charge in [0.15, 0.2) is 0 Å². The van der Waals surface area contributed by atoms with Gasteiger partial charge in [-0.25, -0.2) is 4.39 Å². The van der Waals surface area contributed by atoms with Crippen LogP contribution in [0.3, 0.4) is 0 Å². The summed E-state index contributed by atoms with van der Waals surface area (Å²) in [7, 11) is 0. The normalized spacial score (nSPS) is 23.5. The number of hydrogen-bond donors (Lipinski definition) is 1. The van der Waals surface area contributed by atoms with Crippen molar-refractivity contribution in [2.75, 3.05) is 19.7 Å². The maximum atomic E-state index is 14.0. The molecule has 0 amide bonds. The van der Waals surface area contributed by atoms with Crippen LogP contribution in [0.2, 0.25) is 5.02 Å². The summed E-state index contributed by atoms with van der Waals surface area (Å²) in [5.74, 6) is 0.0656. The van der Waals surface area contributed by atoms with Crippen LogP contribution in [0.1, 0.15) is 37.9 Å². The Labute approximate surface area is 119 Å². The fourth-order valence-corrected chi connectivity index (χ4v) is 2.75. The van der Waals surface area contributed by atoms with Crippen LogP contribution in [0.5, 0.6) is 0 Å². The third kappa shape index (κ3) is 3.91. The van der Waals surface area contributed by atoms with Gasteiger partial charge in [0.25, 0.3) is 0 Å². The average molecular weight is 286 g/mol. The summed E-state index contributed by atoms with van der Waals surface area (Å²) in [6.45, 7) is 4.71. The third-order valence-electron chi connectivity index (χ3n) is 3.55. The van der Waals surface area contributed by atoms with E-state index in [4.69, 9.17) is 16.3 Å². The molecule has 1 saturated heterocycles. The minimum Gasteiger partial charge on any atom is -0.373 e. The van der Waals surface area contributed by atoms with Gasteiger partial charge in [-0.1, -0.05) is 24.6 Å². The number of benzene rings is 1. The van der Waals surface area contributed by atoms with E-state index in [-0.39, 0.29) is 11.9 Å². The van der Waals surface area contributed by atoms with Gasteiger partial charge in [-0.05, 0) is 37.9 Å². The number of ether oxygens (including phenoxy) is 1. The van der Waals surface area contributed by atoms with Gasteiger partial charge in [0.05, 0.1) is 6.10 Å². The summed E-state index contributed by atoms with van der Waals surface area (Å²) in [4.78, 5) is 0. The number of hydrogen-bond acceptors (Lipinski definition) is 2. The van der Waals surface area contributed by atoms with E-state index in [0.29, 0.717) is 23.1 Å². The highest BCUT2D eigenvalue weighted by Crippen LogP contribution is 2.35. The van der Waals surface area contributed by atoms with E-state index in [1.54, 1.807) is 12.1 Å². The van der Waals surface area contributed by atoms with E-state index in [9.17, 15) is 4.39 Å². The molecule has 0 radical (unpaired) electrons. The van der Waals surface area contributed by atoms with Crippen molar-refractivity contribution >= 4 is 11.6 Å². The summed E-state index contributed by atoms with van der Waals surface area (Å²) in [5, 5.41) is 3.84. The van der Waals surface area contributed by atoms with E-state index in [0.717, 1.165) is 32.4 Å². The largest absolute Gasteiger partial charge is 0.373 e. The molecule has 0 spiro atoms. The fourth-order valence-electron chi connectivity index (χ4n) is 2.59. The Morgan fingerprint density at radius 3 is 3.05 bits per heavy atom. The van der Waals surface area contributed by atoms with Gasteiger partial charge in [-0.3, -0.25) is 0 Å². The molecule has 2 atom stereocenters. The molecule has 1 aromatic carbocycles. The molecule has 2 rings (SSSR count). The molecule has 4 heteroatoms. The van der Waals surface area contributed by atoms with Crippen molar-refractivity contribution in [3.05, 3.63) is 34.6 Å². The zero-order chi connectivity index (χ0) is 13.7.